The Labute approximate surface area is 181 Å². The summed E-state index contributed by atoms with van der Waals surface area (Å²) in [6, 6.07) is 25.0. The molecule has 2 amide bonds. The third-order valence-electron chi connectivity index (χ3n) is 5.86. The van der Waals surface area contributed by atoms with Crippen molar-refractivity contribution in [2.75, 3.05) is 18.6 Å². The fraction of sp³-hybridized carbons (Fsp3) is 0.154. The highest BCUT2D eigenvalue weighted by Crippen LogP contribution is 2.39. The van der Waals surface area contributed by atoms with Gasteiger partial charge in [-0.15, -0.1) is 0 Å². The van der Waals surface area contributed by atoms with Gasteiger partial charge in [0.1, 0.15) is 11.4 Å². The molecule has 0 saturated heterocycles. The maximum Gasteiger partial charge on any atom is 0.278 e. The van der Waals surface area contributed by atoms with E-state index in [2.05, 4.69) is 6.07 Å². The van der Waals surface area contributed by atoms with E-state index in [0.717, 1.165) is 17.7 Å². The van der Waals surface area contributed by atoms with Gasteiger partial charge in [-0.3, -0.25) is 14.5 Å². The highest BCUT2D eigenvalue weighted by atomic mass is 16.5. The van der Waals surface area contributed by atoms with Crippen molar-refractivity contribution in [2.24, 2.45) is 0 Å². The molecule has 2 aliphatic rings. The van der Waals surface area contributed by atoms with Crippen LogP contribution in [-0.2, 0) is 22.6 Å². The first-order chi connectivity index (χ1) is 15.2. The third-order valence-corrected chi connectivity index (χ3v) is 5.86. The summed E-state index contributed by atoms with van der Waals surface area (Å²) in [5.41, 5.74) is 4.71. The second-order valence-electron chi connectivity index (χ2n) is 7.66. The zero-order valence-corrected chi connectivity index (χ0v) is 17.2. The number of carbonyl (C=O) groups is 2. The Kier molecular flexibility index (Phi) is 4.79. The van der Waals surface area contributed by atoms with Crippen LogP contribution in [0.5, 0.6) is 5.75 Å². The van der Waals surface area contributed by atoms with Crippen molar-refractivity contribution in [1.29, 1.82) is 0 Å². The number of anilines is 1. The number of benzene rings is 3. The van der Waals surface area contributed by atoms with Crippen molar-refractivity contribution < 1.29 is 14.3 Å². The molecule has 5 rings (SSSR count). The Morgan fingerprint density at radius 1 is 0.839 bits per heavy atom. The monoisotopic (exact) mass is 410 g/mol. The largest absolute Gasteiger partial charge is 0.497 e. The van der Waals surface area contributed by atoms with Crippen LogP contribution in [0.4, 0.5) is 5.69 Å². The number of methoxy groups -OCH3 is 1. The number of amides is 2. The summed E-state index contributed by atoms with van der Waals surface area (Å²) in [6.45, 7) is 0.920. The van der Waals surface area contributed by atoms with Crippen LogP contribution in [0.1, 0.15) is 16.7 Å². The Hall–Kier alpha value is -3.86. The molecule has 3 aromatic rings. The number of fused-ring (bicyclic) bond motifs is 1. The number of imide groups is 1. The summed E-state index contributed by atoms with van der Waals surface area (Å²) in [7, 11) is 1.60. The molecular weight excluding hydrogens is 388 g/mol. The Morgan fingerprint density at radius 2 is 1.55 bits per heavy atom. The van der Waals surface area contributed by atoms with E-state index in [1.165, 1.54) is 10.5 Å². The molecule has 5 nitrogen and oxygen atoms in total. The molecule has 0 N–H and O–H groups in total. The smallest absolute Gasteiger partial charge is 0.278 e. The summed E-state index contributed by atoms with van der Waals surface area (Å²) in [4.78, 5) is 30.5. The number of para-hydroxylation sites is 1. The van der Waals surface area contributed by atoms with Gasteiger partial charge in [-0.25, -0.2) is 0 Å². The van der Waals surface area contributed by atoms with Gasteiger partial charge in [0.05, 0.1) is 19.2 Å². The molecule has 0 spiro atoms. The topological polar surface area (TPSA) is 49.9 Å². The van der Waals surface area contributed by atoms with Crippen LogP contribution in [0.25, 0.3) is 5.57 Å². The van der Waals surface area contributed by atoms with Crippen molar-refractivity contribution in [2.45, 2.75) is 13.0 Å². The van der Waals surface area contributed by atoms with Crippen molar-refractivity contribution in [3.63, 3.8) is 0 Å². The van der Waals surface area contributed by atoms with E-state index < -0.39 is 0 Å². The molecular formula is C26H22N2O3. The Balaban J connectivity index is 1.61. The van der Waals surface area contributed by atoms with Crippen LogP contribution < -0.4 is 9.64 Å². The normalized spacial score (nSPS) is 15.6. The van der Waals surface area contributed by atoms with Crippen molar-refractivity contribution in [1.82, 2.24) is 4.90 Å². The lowest BCUT2D eigenvalue weighted by atomic mass is 10.0. The first-order valence-electron chi connectivity index (χ1n) is 10.3. The second-order valence-corrected chi connectivity index (χ2v) is 7.66. The molecule has 2 heterocycles. The molecule has 2 aliphatic heterocycles. The summed E-state index contributed by atoms with van der Waals surface area (Å²) in [5, 5.41) is 0. The van der Waals surface area contributed by atoms with Crippen LogP contribution in [0.15, 0.2) is 84.6 Å². The number of ether oxygens (including phenoxy) is 1. The maximum atomic E-state index is 13.6. The van der Waals surface area contributed by atoms with Gasteiger partial charge in [-0.2, -0.15) is 0 Å². The fourth-order valence-corrected chi connectivity index (χ4v) is 4.31. The first kappa shape index (κ1) is 19.1. The highest BCUT2D eigenvalue weighted by Gasteiger charge is 2.43. The zero-order chi connectivity index (χ0) is 21.4. The number of hydrogen-bond acceptors (Lipinski definition) is 4. The minimum Gasteiger partial charge on any atom is -0.497 e. The zero-order valence-electron chi connectivity index (χ0n) is 17.2. The number of carbonyl (C=O) groups excluding carboxylic acids is 2. The van der Waals surface area contributed by atoms with E-state index in [1.807, 2.05) is 77.7 Å². The lowest BCUT2D eigenvalue weighted by Gasteiger charge is -2.22. The molecule has 31 heavy (non-hydrogen) atoms. The lowest BCUT2D eigenvalue weighted by molar-refractivity contribution is -0.137. The Morgan fingerprint density at radius 3 is 2.29 bits per heavy atom. The van der Waals surface area contributed by atoms with Gasteiger partial charge in [0.15, 0.2) is 0 Å². The summed E-state index contributed by atoms with van der Waals surface area (Å²) in [5.74, 6) is 0.185. The van der Waals surface area contributed by atoms with Gasteiger partial charge in [-0.1, -0.05) is 60.7 Å². The van der Waals surface area contributed by atoms with Crippen LogP contribution >= 0.6 is 0 Å². The van der Waals surface area contributed by atoms with Gasteiger partial charge >= 0.3 is 0 Å². The summed E-state index contributed by atoms with van der Waals surface area (Å²) >= 11 is 0. The maximum absolute atomic E-state index is 13.6. The molecule has 154 valence electrons. The average molecular weight is 410 g/mol. The molecule has 0 aromatic heterocycles. The van der Waals surface area contributed by atoms with Crippen LogP contribution in [0.2, 0.25) is 0 Å². The molecule has 0 unspecified atom stereocenters. The Bertz CT molecular complexity index is 1180. The van der Waals surface area contributed by atoms with Gasteiger partial charge in [0.25, 0.3) is 11.8 Å². The molecule has 0 fully saturated rings. The standard InChI is InChI=1S/C26H22N2O3/c1-31-21-13-11-20(12-14-21)23-24(27-16-15-19-9-5-6-10-22(19)27)26(30)28(25(23)29)17-18-7-3-2-4-8-18/h2-14H,15-17H2,1H3. The van der Waals surface area contributed by atoms with Crippen LogP contribution in [0, 0.1) is 0 Å². The van der Waals surface area contributed by atoms with Gasteiger partial charge < -0.3 is 9.64 Å². The van der Waals surface area contributed by atoms with E-state index >= 15 is 0 Å². The van der Waals surface area contributed by atoms with E-state index in [4.69, 9.17) is 4.74 Å². The third kappa shape index (κ3) is 3.28. The van der Waals surface area contributed by atoms with Crippen LogP contribution in [0.3, 0.4) is 0 Å². The second kappa shape index (κ2) is 7.76. The molecule has 0 bridgehead atoms. The molecule has 0 aliphatic carbocycles. The van der Waals surface area contributed by atoms with E-state index in [1.54, 1.807) is 7.11 Å². The SMILES string of the molecule is COc1ccc(C2=C(N3CCc4ccccc43)C(=O)N(Cc3ccccc3)C2=O)cc1. The summed E-state index contributed by atoms with van der Waals surface area (Å²) in [6.07, 6.45) is 0.843. The lowest BCUT2D eigenvalue weighted by Crippen LogP contribution is -2.34. The number of hydrogen-bond donors (Lipinski definition) is 0. The quantitative estimate of drug-likeness (QED) is 0.596. The van der Waals surface area contributed by atoms with E-state index in [0.29, 0.717) is 29.1 Å². The molecule has 0 radical (unpaired) electrons. The van der Waals surface area contributed by atoms with Crippen molar-refractivity contribution in [3.05, 3.63) is 101 Å². The minimum absolute atomic E-state index is 0.247. The van der Waals surface area contributed by atoms with Crippen molar-refractivity contribution >= 4 is 23.1 Å². The van der Waals surface area contributed by atoms with E-state index in [9.17, 15) is 9.59 Å². The first-order valence-corrected chi connectivity index (χ1v) is 10.3. The predicted molar refractivity (Wildman–Crippen MR) is 119 cm³/mol. The summed E-state index contributed by atoms with van der Waals surface area (Å²) < 4.78 is 5.26. The molecule has 5 heteroatoms. The fourth-order valence-electron chi connectivity index (χ4n) is 4.31. The molecule has 0 saturated carbocycles. The number of nitrogens with zero attached hydrogens (tertiary/aromatic N) is 2. The van der Waals surface area contributed by atoms with Gasteiger partial charge in [0, 0.05) is 12.2 Å². The van der Waals surface area contributed by atoms with Crippen molar-refractivity contribution in [3.8, 4) is 5.75 Å². The van der Waals surface area contributed by atoms with E-state index in [-0.39, 0.29) is 18.4 Å². The number of rotatable bonds is 5. The highest BCUT2D eigenvalue weighted by molar-refractivity contribution is 6.36. The van der Waals surface area contributed by atoms with Gasteiger partial charge in [-0.05, 0) is 41.3 Å². The van der Waals surface area contributed by atoms with Crippen LogP contribution in [-0.4, -0.2) is 30.4 Å². The predicted octanol–water partition coefficient (Wildman–Crippen LogP) is 4.04. The van der Waals surface area contributed by atoms with Gasteiger partial charge in [0.2, 0.25) is 0 Å². The minimum atomic E-state index is -0.265. The molecule has 3 aromatic carbocycles. The molecule has 0 atom stereocenters. The average Bonchev–Trinajstić information content (AvgIpc) is 3.34.